The third-order valence-corrected chi connectivity index (χ3v) is 4.44. The summed E-state index contributed by atoms with van der Waals surface area (Å²) >= 11 is 0. The van der Waals surface area contributed by atoms with Crippen molar-refractivity contribution in [3.63, 3.8) is 0 Å². The molecule has 1 heterocycles. The van der Waals surface area contributed by atoms with Gasteiger partial charge >= 0.3 is 0 Å². The smallest absolute Gasteiger partial charge is 0.256 e. The lowest BCUT2D eigenvalue weighted by molar-refractivity contribution is 0.560. The molecule has 0 aliphatic heterocycles. The summed E-state index contributed by atoms with van der Waals surface area (Å²) in [5.41, 5.74) is -0.0838. The molecule has 2 rings (SSSR count). The average molecular weight is 343 g/mol. The van der Waals surface area contributed by atoms with Crippen molar-refractivity contribution >= 4 is 10.0 Å². The number of aromatic nitrogens is 2. The SMILES string of the molecule is Cc1cncn(CCNS(=O)(=O)Cc2cc(F)ccc2F)c1=O. The number of sulfonamides is 1. The fourth-order valence-corrected chi connectivity index (χ4v) is 3.09. The normalized spacial score (nSPS) is 11.6. The minimum atomic E-state index is -3.86. The van der Waals surface area contributed by atoms with E-state index in [-0.39, 0.29) is 24.2 Å². The van der Waals surface area contributed by atoms with Gasteiger partial charge in [-0.1, -0.05) is 0 Å². The van der Waals surface area contributed by atoms with E-state index < -0.39 is 27.4 Å². The third kappa shape index (κ3) is 4.67. The van der Waals surface area contributed by atoms with Crippen LogP contribution in [0.25, 0.3) is 0 Å². The summed E-state index contributed by atoms with van der Waals surface area (Å²) in [4.78, 5) is 15.6. The molecule has 0 bridgehead atoms. The highest BCUT2D eigenvalue weighted by molar-refractivity contribution is 7.88. The Morgan fingerprint density at radius 3 is 2.78 bits per heavy atom. The monoisotopic (exact) mass is 343 g/mol. The molecule has 0 fully saturated rings. The Hall–Kier alpha value is -2.13. The van der Waals surface area contributed by atoms with Crippen LogP contribution in [-0.2, 0) is 22.3 Å². The number of aryl methyl sites for hydroxylation is 1. The van der Waals surface area contributed by atoms with Gasteiger partial charge < -0.3 is 0 Å². The molecule has 6 nitrogen and oxygen atoms in total. The number of nitrogens with zero attached hydrogens (tertiary/aromatic N) is 2. The quantitative estimate of drug-likeness (QED) is 0.847. The van der Waals surface area contributed by atoms with E-state index in [2.05, 4.69) is 9.71 Å². The Kier molecular flexibility index (Phi) is 5.22. The van der Waals surface area contributed by atoms with Gasteiger partial charge in [0.1, 0.15) is 11.6 Å². The maximum atomic E-state index is 13.5. The predicted octanol–water partition coefficient (Wildman–Crippen LogP) is 0.950. The van der Waals surface area contributed by atoms with E-state index in [1.807, 2.05) is 0 Å². The van der Waals surface area contributed by atoms with Crippen LogP contribution in [0.4, 0.5) is 8.78 Å². The zero-order valence-electron chi connectivity index (χ0n) is 12.3. The van der Waals surface area contributed by atoms with Crippen molar-refractivity contribution in [1.29, 1.82) is 0 Å². The van der Waals surface area contributed by atoms with Gasteiger partial charge in [0, 0.05) is 30.4 Å². The molecule has 0 unspecified atom stereocenters. The number of hydrogen-bond donors (Lipinski definition) is 1. The van der Waals surface area contributed by atoms with E-state index >= 15 is 0 Å². The van der Waals surface area contributed by atoms with Crippen molar-refractivity contribution in [1.82, 2.24) is 14.3 Å². The molecular formula is C14H15F2N3O3S. The average Bonchev–Trinajstić information content (AvgIpc) is 2.47. The molecule has 9 heteroatoms. The summed E-state index contributed by atoms with van der Waals surface area (Å²) in [6.45, 7) is 1.62. The Morgan fingerprint density at radius 2 is 2.04 bits per heavy atom. The summed E-state index contributed by atoms with van der Waals surface area (Å²) in [5.74, 6) is -2.19. The van der Waals surface area contributed by atoms with E-state index in [1.54, 1.807) is 6.92 Å². The molecule has 0 aliphatic carbocycles. The van der Waals surface area contributed by atoms with Crippen molar-refractivity contribution in [3.05, 3.63) is 63.8 Å². The van der Waals surface area contributed by atoms with Crippen molar-refractivity contribution < 1.29 is 17.2 Å². The zero-order chi connectivity index (χ0) is 17.0. The summed E-state index contributed by atoms with van der Waals surface area (Å²) in [6.07, 6.45) is 2.71. The molecule has 0 aliphatic rings. The van der Waals surface area contributed by atoms with Gasteiger partial charge in [0.2, 0.25) is 10.0 Å². The van der Waals surface area contributed by atoms with E-state index in [4.69, 9.17) is 0 Å². The second-order valence-corrected chi connectivity index (χ2v) is 6.77. The predicted molar refractivity (Wildman–Crippen MR) is 80.2 cm³/mol. The summed E-state index contributed by atoms with van der Waals surface area (Å²) in [6, 6.07) is 2.62. The maximum Gasteiger partial charge on any atom is 0.256 e. The first-order chi connectivity index (χ1) is 10.8. The number of hydrogen-bond acceptors (Lipinski definition) is 4. The Bertz CT molecular complexity index is 866. The molecule has 0 saturated carbocycles. The fourth-order valence-electron chi connectivity index (χ4n) is 1.95. The van der Waals surface area contributed by atoms with Gasteiger partial charge in [0.05, 0.1) is 12.1 Å². The van der Waals surface area contributed by atoms with Crippen LogP contribution in [0.2, 0.25) is 0 Å². The molecule has 0 saturated heterocycles. The molecule has 2 aromatic rings. The number of nitrogens with one attached hydrogen (secondary N) is 1. The Labute approximate surface area is 131 Å². The van der Waals surface area contributed by atoms with Crippen molar-refractivity contribution in [2.75, 3.05) is 6.54 Å². The highest BCUT2D eigenvalue weighted by Gasteiger charge is 2.15. The van der Waals surface area contributed by atoms with Crippen LogP contribution in [0.5, 0.6) is 0 Å². The van der Waals surface area contributed by atoms with Crippen LogP contribution in [0, 0.1) is 18.6 Å². The molecule has 0 radical (unpaired) electrons. The first kappa shape index (κ1) is 17.2. The molecule has 0 spiro atoms. The standard InChI is InChI=1S/C14H15F2N3O3S/c1-10-7-17-9-19(14(10)20)5-4-18-23(21,22)8-11-6-12(15)2-3-13(11)16/h2-3,6-7,9,18H,4-5,8H2,1H3. The number of benzene rings is 1. The van der Waals surface area contributed by atoms with E-state index in [9.17, 15) is 22.0 Å². The minimum Gasteiger partial charge on any atom is -0.298 e. The van der Waals surface area contributed by atoms with E-state index in [1.165, 1.54) is 17.1 Å². The highest BCUT2D eigenvalue weighted by Crippen LogP contribution is 2.12. The molecular weight excluding hydrogens is 328 g/mol. The second kappa shape index (κ2) is 6.97. The van der Waals surface area contributed by atoms with Gasteiger partial charge in [-0.15, -0.1) is 0 Å². The molecule has 1 aromatic heterocycles. The first-order valence-corrected chi connectivity index (χ1v) is 8.36. The zero-order valence-corrected chi connectivity index (χ0v) is 13.1. The molecule has 23 heavy (non-hydrogen) atoms. The van der Waals surface area contributed by atoms with Crippen LogP contribution >= 0.6 is 0 Å². The van der Waals surface area contributed by atoms with Crippen molar-refractivity contribution in [3.8, 4) is 0 Å². The van der Waals surface area contributed by atoms with Gasteiger partial charge in [0.15, 0.2) is 0 Å². The van der Waals surface area contributed by atoms with Crippen LogP contribution in [0.3, 0.4) is 0 Å². The highest BCUT2D eigenvalue weighted by atomic mass is 32.2. The molecule has 0 atom stereocenters. The molecule has 124 valence electrons. The lowest BCUT2D eigenvalue weighted by Crippen LogP contribution is -2.32. The van der Waals surface area contributed by atoms with Crippen molar-refractivity contribution in [2.45, 2.75) is 19.2 Å². The fraction of sp³-hybridized carbons (Fsp3) is 0.286. The lowest BCUT2D eigenvalue weighted by Gasteiger charge is -2.09. The van der Waals surface area contributed by atoms with Crippen LogP contribution in [0.1, 0.15) is 11.1 Å². The van der Waals surface area contributed by atoms with E-state index in [0.717, 1.165) is 18.2 Å². The summed E-state index contributed by atoms with van der Waals surface area (Å²) in [7, 11) is -3.86. The Morgan fingerprint density at radius 1 is 1.30 bits per heavy atom. The van der Waals surface area contributed by atoms with Crippen LogP contribution in [0.15, 0.2) is 35.5 Å². The minimum absolute atomic E-state index is 0.0652. The van der Waals surface area contributed by atoms with Crippen LogP contribution < -0.4 is 10.3 Å². The number of rotatable bonds is 6. The van der Waals surface area contributed by atoms with Gasteiger partial charge in [0.25, 0.3) is 5.56 Å². The molecule has 1 aromatic carbocycles. The summed E-state index contributed by atoms with van der Waals surface area (Å²) < 4.78 is 53.8. The van der Waals surface area contributed by atoms with Gasteiger partial charge in [-0.25, -0.2) is 26.9 Å². The van der Waals surface area contributed by atoms with Crippen LogP contribution in [-0.4, -0.2) is 24.5 Å². The second-order valence-electron chi connectivity index (χ2n) is 4.96. The first-order valence-electron chi connectivity index (χ1n) is 6.71. The molecule has 0 amide bonds. The van der Waals surface area contributed by atoms with Crippen molar-refractivity contribution in [2.24, 2.45) is 0 Å². The lowest BCUT2D eigenvalue weighted by atomic mass is 10.2. The van der Waals surface area contributed by atoms with Gasteiger partial charge in [-0.05, 0) is 25.1 Å². The third-order valence-electron chi connectivity index (χ3n) is 3.10. The van der Waals surface area contributed by atoms with Gasteiger partial charge in [-0.3, -0.25) is 9.36 Å². The topological polar surface area (TPSA) is 81.1 Å². The summed E-state index contributed by atoms with van der Waals surface area (Å²) in [5, 5.41) is 0. The Balaban J connectivity index is 2.00. The van der Waals surface area contributed by atoms with Gasteiger partial charge in [-0.2, -0.15) is 0 Å². The number of halogens is 2. The maximum absolute atomic E-state index is 13.5. The van der Waals surface area contributed by atoms with E-state index in [0.29, 0.717) is 5.56 Å². The molecule has 1 N–H and O–H groups in total. The largest absolute Gasteiger partial charge is 0.298 e.